The summed E-state index contributed by atoms with van der Waals surface area (Å²) < 4.78 is 13.0. The molecule has 5 nitrogen and oxygen atoms in total. The van der Waals surface area contributed by atoms with Crippen molar-refractivity contribution in [2.24, 2.45) is 5.92 Å². The van der Waals surface area contributed by atoms with E-state index in [0.717, 1.165) is 5.56 Å². The summed E-state index contributed by atoms with van der Waals surface area (Å²) in [6, 6.07) is 5.49. The first-order chi connectivity index (χ1) is 9.97. The second-order valence-corrected chi connectivity index (χ2v) is 5.52. The Kier molecular flexibility index (Phi) is 4.90. The van der Waals surface area contributed by atoms with E-state index in [1.54, 1.807) is 12.1 Å². The van der Waals surface area contributed by atoms with Crippen molar-refractivity contribution in [2.75, 3.05) is 13.1 Å². The van der Waals surface area contributed by atoms with Gasteiger partial charge in [-0.2, -0.15) is 0 Å². The highest BCUT2D eigenvalue weighted by Gasteiger charge is 2.27. The summed E-state index contributed by atoms with van der Waals surface area (Å²) in [7, 11) is 0. The van der Waals surface area contributed by atoms with Crippen LogP contribution in [0.5, 0.6) is 0 Å². The van der Waals surface area contributed by atoms with E-state index in [2.05, 4.69) is 16.0 Å². The Labute approximate surface area is 123 Å². The van der Waals surface area contributed by atoms with Crippen LogP contribution in [-0.2, 0) is 9.59 Å². The van der Waals surface area contributed by atoms with Crippen molar-refractivity contribution in [3.05, 3.63) is 35.6 Å². The molecule has 3 N–H and O–H groups in total. The van der Waals surface area contributed by atoms with E-state index in [9.17, 15) is 14.0 Å². The summed E-state index contributed by atoms with van der Waals surface area (Å²) in [6.07, 6.45) is 0. The minimum Gasteiger partial charge on any atom is -0.353 e. The zero-order valence-corrected chi connectivity index (χ0v) is 12.2. The molecule has 1 aliphatic rings. The molecular weight excluding hydrogens is 273 g/mol. The van der Waals surface area contributed by atoms with E-state index in [1.165, 1.54) is 12.1 Å². The fraction of sp³-hybridized carbons (Fsp3) is 0.467. The predicted octanol–water partition coefficient (Wildman–Crippen LogP) is 0.727. The molecule has 0 aliphatic carbocycles. The van der Waals surface area contributed by atoms with E-state index in [1.807, 2.05) is 13.8 Å². The van der Waals surface area contributed by atoms with Gasteiger partial charge in [0.05, 0.1) is 12.6 Å². The molecule has 21 heavy (non-hydrogen) atoms. The highest BCUT2D eigenvalue weighted by Crippen LogP contribution is 2.22. The van der Waals surface area contributed by atoms with Crippen LogP contribution in [0.15, 0.2) is 24.3 Å². The van der Waals surface area contributed by atoms with Crippen molar-refractivity contribution in [3.63, 3.8) is 0 Å². The zero-order valence-electron chi connectivity index (χ0n) is 12.2. The number of carbonyl (C=O) groups excluding carboxylic acids is 2. The lowest BCUT2D eigenvalue weighted by molar-refractivity contribution is -0.127. The van der Waals surface area contributed by atoms with Crippen molar-refractivity contribution in [2.45, 2.75) is 25.9 Å². The van der Waals surface area contributed by atoms with Gasteiger partial charge in [-0.1, -0.05) is 26.0 Å². The Morgan fingerprint density at radius 1 is 1.33 bits per heavy atom. The van der Waals surface area contributed by atoms with Gasteiger partial charge in [0.25, 0.3) is 0 Å². The number of nitrogens with one attached hydrogen (secondary N) is 3. The first-order valence-electron chi connectivity index (χ1n) is 7.03. The number of carbonyl (C=O) groups is 2. The topological polar surface area (TPSA) is 70.2 Å². The molecule has 0 bridgehead atoms. The first-order valence-corrected chi connectivity index (χ1v) is 7.03. The molecule has 0 spiro atoms. The Morgan fingerprint density at radius 3 is 2.52 bits per heavy atom. The third-order valence-electron chi connectivity index (χ3n) is 3.52. The third kappa shape index (κ3) is 4.01. The monoisotopic (exact) mass is 293 g/mol. The molecule has 114 valence electrons. The molecule has 0 radical (unpaired) electrons. The standard InChI is InChI=1S/C15H20FN3O2/c1-9(2)14(10-3-5-11(16)6-4-10)19-15(21)12-7-18-13(20)8-17-12/h3-6,9,12,14,17H,7-8H2,1-2H3,(H,18,20)(H,19,21). The van der Waals surface area contributed by atoms with Crippen LogP contribution in [0.3, 0.4) is 0 Å². The van der Waals surface area contributed by atoms with Crippen LogP contribution in [0.2, 0.25) is 0 Å². The van der Waals surface area contributed by atoms with Gasteiger partial charge in [0.1, 0.15) is 11.9 Å². The smallest absolute Gasteiger partial charge is 0.239 e. The lowest BCUT2D eigenvalue weighted by atomic mass is 9.95. The van der Waals surface area contributed by atoms with E-state index >= 15 is 0 Å². The second kappa shape index (κ2) is 6.67. The number of piperazine rings is 1. The molecule has 1 fully saturated rings. The maximum absolute atomic E-state index is 13.0. The van der Waals surface area contributed by atoms with Crippen LogP contribution in [0.4, 0.5) is 4.39 Å². The van der Waals surface area contributed by atoms with Gasteiger partial charge in [-0.15, -0.1) is 0 Å². The van der Waals surface area contributed by atoms with Gasteiger partial charge in [0.2, 0.25) is 11.8 Å². The number of hydrogen-bond acceptors (Lipinski definition) is 3. The van der Waals surface area contributed by atoms with Gasteiger partial charge in [-0.25, -0.2) is 4.39 Å². The van der Waals surface area contributed by atoms with E-state index in [4.69, 9.17) is 0 Å². The first kappa shape index (κ1) is 15.4. The zero-order chi connectivity index (χ0) is 15.4. The molecule has 2 atom stereocenters. The Morgan fingerprint density at radius 2 is 2.00 bits per heavy atom. The molecule has 2 rings (SSSR count). The molecule has 1 aliphatic heterocycles. The molecule has 0 saturated carbocycles. The highest BCUT2D eigenvalue weighted by atomic mass is 19.1. The van der Waals surface area contributed by atoms with Crippen molar-refractivity contribution in [1.82, 2.24) is 16.0 Å². The molecule has 2 amide bonds. The summed E-state index contributed by atoms with van der Waals surface area (Å²) in [5.41, 5.74) is 0.861. The lowest BCUT2D eigenvalue weighted by Crippen LogP contribution is -2.58. The van der Waals surface area contributed by atoms with Gasteiger partial charge in [-0.05, 0) is 23.6 Å². The number of amides is 2. The molecule has 1 aromatic rings. The molecule has 2 unspecified atom stereocenters. The molecule has 1 heterocycles. The minimum atomic E-state index is -0.440. The lowest BCUT2D eigenvalue weighted by Gasteiger charge is -2.28. The average Bonchev–Trinajstić information content (AvgIpc) is 2.46. The summed E-state index contributed by atoms with van der Waals surface area (Å²) >= 11 is 0. The van der Waals surface area contributed by atoms with Crippen molar-refractivity contribution in [3.8, 4) is 0 Å². The summed E-state index contributed by atoms with van der Waals surface area (Å²) in [5.74, 6) is -0.419. The van der Waals surface area contributed by atoms with Gasteiger partial charge in [-0.3, -0.25) is 14.9 Å². The van der Waals surface area contributed by atoms with Crippen LogP contribution in [0.25, 0.3) is 0 Å². The predicted molar refractivity (Wildman–Crippen MR) is 76.9 cm³/mol. The fourth-order valence-corrected chi connectivity index (χ4v) is 2.31. The van der Waals surface area contributed by atoms with Gasteiger partial charge >= 0.3 is 0 Å². The van der Waals surface area contributed by atoms with Crippen LogP contribution >= 0.6 is 0 Å². The quantitative estimate of drug-likeness (QED) is 0.766. The average molecular weight is 293 g/mol. The third-order valence-corrected chi connectivity index (χ3v) is 3.52. The second-order valence-electron chi connectivity index (χ2n) is 5.52. The highest BCUT2D eigenvalue weighted by molar-refractivity contribution is 5.87. The van der Waals surface area contributed by atoms with Gasteiger partial charge in [0, 0.05) is 6.54 Å². The minimum absolute atomic E-state index is 0.113. The molecular formula is C15H20FN3O2. The normalized spacial score (nSPS) is 20.0. The largest absolute Gasteiger partial charge is 0.353 e. The molecule has 0 aromatic heterocycles. The van der Waals surface area contributed by atoms with Crippen molar-refractivity contribution in [1.29, 1.82) is 0 Å². The number of benzene rings is 1. The SMILES string of the molecule is CC(C)C(NC(=O)C1CNC(=O)CN1)c1ccc(F)cc1. The van der Waals surface area contributed by atoms with Crippen LogP contribution in [-0.4, -0.2) is 30.9 Å². The van der Waals surface area contributed by atoms with Gasteiger partial charge in [0.15, 0.2) is 0 Å². The van der Waals surface area contributed by atoms with E-state index < -0.39 is 6.04 Å². The fourth-order valence-electron chi connectivity index (χ4n) is 2.31. The van der Waals surface area contributed by atoms with Crippen LogP contribution in [0.1, 0.15) is 25.5 Å². The Hall–Kier alpha value is -1.95. The van der Waals surface area contributed by atoms with E-state index in [-0.39, 0.29) is 42.7 Å². The van der Waals surface area contributed by atoms with Crippen LogP contribution < -0.4 is 16.0 Å². The maximum atomic E-state index is 13.0. The van der Waals surface area contributed by atoms with Crippen LogP contribution in [0, 0.1) is 11.7 Å². The molecule has 1 saturated heterocycles. The van der Waals surface area contributed by atoms with Crippen molar-refractivity contribution < 1.29 is 14.0 Å². The molecule has 6 heteroatoms. The summed E-state index contributed by atoms with van der Waals surface area (Å²) in [5, 5.41) is 8.50. The number of hydrogen-bond donors (Lipinski definition) is 3. The summed E-state index contributed by atoms with van der Waals surface area (Å²) in [4.78, 5) is 23.3. The summed E-state index contributed by atoms with van der Waals surface area (Å²) in [6.45, 7) is 4.40. The van der Waals surface area contributed by atoms with Crippen molar-refractivity contribution >= 4 is 11.8 Å². The van der Waals surface area contributed by atoms with E-state index in [0.29, 0.717) is 0 Å². The van der Waals surface area contributed by atoms with Gasteiger partial charge < -0.3 is 10.6 Å². The number of rotatable bonds is 4. The molecule has 1 aromatic carbocycles. The Bertz CT molecular complexity index is 506. The number of halogens is 1. The maximum Gasteiger partial charge on any atom is 0.239 e. The Balaban J connectivity index is 2.04.